The van der Waals surface area contributed by atoms with E-state index in [1.165, 1.54) is 0 Å². The predicted octanol–water partition coefficient (Wildman–Crippen LogP) is 1.72. The second-order valence-electron chi connectivity index (χ2n) is 8.25. The molecule has 3 saturated heterocycles. The highest BCUT2D eigenvalue weighted by atomic mass is 32.2. The molecular formula is C21H25N3O3S. The topological polar surface area (TPSA) is 62.7 Å². The number of hydrogen-bond donors (Lipinski definition) is 0. The van der Waals surface area contributed by atoms with Gasteiger partial charge in [0.15, 0.2) is 0 Å². The van der Waals surface area contributed by atoms with Crippen molar-refractivity contribution in [1.29, 1.82) is 0 Å². The van der Waals surface area contributed by atoms with E-state index in [-0.39, 0.29) is 24.0 Å². The minimum Gasteiger partial charge on any atom is -0.360 e. The fourth-order valence-electron chi connectivity index (χ4n) is 5.19. The fourth-order valence-corrected chi connectivity index (χ4v) is 6.28. The Kier molecular flexibility index (Phi) is 4.47. The zero-order valence-corrected chi connectivity index (χ0v) is 16.8. The van der Waals surface area contributed by atoms with Gasteiger partial charge in [0.05, 0.1) is 24.5 Å². The van der Waals surface area contributed by atoms with Crippen molar-refractivity contribution in [3.8, 4) is 0 Å². The van der Waals surface area contributed by atoms with Crippen molar-refractivity contribution in [3.05, 3.63) is 42.2 Å². The highest BCUT2D eigenvalue weighted by Crippen LogP contribution is 2.52. The maximum Gasteiger partial charge on any atom is 0.230 e. The molecule has 4 atom stereocenters. The van der Waals surface area contributed by atoms with Crippen LogP contribution in [0.1, 0.15) is 18.4 Å². The molecule has 2 amide bonds. The van der Waals surface area contributed by atoms with E-state index in [4.69, 9.17) is 4.74 Å². The Balaban J connectivity index is 1.37. The summed E-state index contributed by atoms with van der Waals surface area (Å²) in [6.07, 6.45) is 9.29. The minimum absolute atomic E-state index is 0.0293. The molecule has 4 unspecified atom stereocenters. The van der Waals surface area contributed by atoms with Crippen LogP contribution in [-0.2, 0) is 20.9 Å². The highest BCUT2D eigenvalue weighted by Gasteiger charge is 2.67. The number of hydrogen-bond acceptors (Lipinski definition) is 5. The fraction of sp³-hybridized carbons (Fsp3) is 0.571. The molecule has 1 aromatic heterocycles. The third kappa shape index (κ3) is 2.78. The quantitative estimate of drug-likeness (QED) is 0.722. The first-order chi connectivity index (χ1) is 13.6. The molecule has 6 nitrogen and oxygen atoms in total. The van der Waals surface area contributed by atoms with Crippen LogP contribution in [0.3, 0.4) is 0 Å². The van der Waals surface area contributed by atoms with E-state index in [2.05, 4.69) is 4.98 Å². The molecule has 4 aliphatic rings. The molecule has 3 fully saturated rings. The number of rotatable bonds is 4. The number of amides is 2. The molecule has 0 N–H and O–H groups in total. The summed E-state index contributed by atoms with van der Waals surface area (Å²) < 4.78 is 6.25. The number of fused-ring (bicyclic) bond motifs is 1. The van der Waals surface area contributed by atoms with Crippen molar-refractivity contribution in [1.82, 2.24) is 14.8 Å². The first-order valence-electron chi connectivity index (χ1n) is 9.98. The van der Waals surface area contributed by atoms with Crippen molar-refractivity contribution in [2.24, 2.45) is 11.8 Å². The van der Waals surface area contributed by atoms with Gasteiger partial charge in [0, 0.05) is 32.0 Å². The molecule has 1 spiro atoms. The summed E-state index contributed by atoms with van der Waals surface area (Å²) in [4.78, 5) is 34.6. The molecule has 5 rings (SSSR count). The summed E-state index contributed by atoms with van der Waals surface area (Å²) in [6, 6.07) is 4.12. The standard InChI is InChI=1S/C21H25N3O3S/c1-23(15-5-9-28-10-6-15)19(25)17-16-4-7-21(27-16)13-24(20(26)18(17)21)12-14-3-2-8-22-11-14/h2-4,7-8,11,15-18H,5-6,9-10,12-13H2,1H3. The Bertz CT molecular complexity index is 810. The molecule has 0 radical (unpaired) electrons. The normalized spacial score (nSPS) is 34.1. The van der Waals surface area contributed by atoms with Crippen molar-refractivity contribution < 1.29 is 14.3 Å². The van der Waals surface area contributed by atoms with Crippen LogP contribution in [0.15, 0.2) is 36.7 Å². The number of carbonyl (C=O) groups excluding carboxylic acids is 2. The Morgan fingerprint density at radius 3 is 3.00 bits per heavy atom. The number of carbonyl (C=O) groups is 2. The lowest BCUT2D eigenvalue weighted by atomic mass is 9.76. The molecule has 0 aliphatic carbocycles. The van der Waals surface area contributed by atoms with E-state index in [9.17, 15) is 9.59 Å². The lowest BCUT2D eigenvalue weighted by Gasteiger charge is -2.35. The van der Waals surface area contributed by atoms with E-state index in [0.717, 1.165) is 29.9 Å². The second-order valence-corrected chi connectivity index (χ2v) is 9.47. The van der Waals surface area contributed by atoms with E-state index in [0.29, 0.717) is 13.1 Å². The molecule has 148 valence electrons. The third-order valence-corrected chi connectivity index (χ3v) is 7.70. The van der Waals surface area contributed by atoms with Crippen LogP contribution in [-0.4, -0.2) is 69.4 Å². The van der Waals surface area contributed by atoms with Gasteiger partial charge >= 0.3 is 0 Å². The highest BCUT2D eigenvalue weighted by molar-refractivity contribution is 7.99. The van der Waals surface area contributed by atoms with Gasteiger partial charge in [0.25, 0.3) is 0 Å². The molecule has 2 bridgehead atoms. The summed E-state index contributed by atoms with van der Waals surface area (Å²) in [5.41, 5.74) is 0.346. The molecular weight excluding hydrogens is 374 g/mol. The summed E-state index contributed by atoms with van der Waals surface area (Å²) in [5.74, 6) is 1.47. The molecule has 5 heterocycles. The van der Waals surface area contributed by atoms with Gasteiger partial charge in [-0.1, -0.05) is 18.2 Å². The molecule has 28 heavy (non-hydrogen) atoms. The third-order valence-electron chi connectivity index (χ3n) is 6.65. The molecule has 1 aromatic rings. The maximum atomic E-state index is 13.4. The van der Waals surface area contributed by atoms with E-state index < -0.39 is 17.4 Å². The van der Waals surface area contributed by atoms with Gasteiger partial charge in [0.1, 0.15) is 5.60 Å². The van der Waals surface area contributed by atoms with Crippen molar-refractivity contribution in [2.75, 3.05) is 25.1 Å². The second kappa shape index (κ2) is 6.88. The van der Waals surface area contributed by atoms with E-state index in [1.807, 2.05) is 52.9 Å². The lowest BCUT2D eigenvalue weighted by Crippen LogP contribution is -2.48. The van der Waals surface area contributed by atoms with E-state index >= 15 is 0 Å². The average Bonchev–Trinajstić information content (AvgIpc) is 3.37. The van der Waals surface area contributed by atoms with Crippen molar-refractivity contribution in [3.63, 3.8) is 0 Å². The zero-order valence-electron chi connectivity index (χ0n) is 16.0. The van der Waals surface area contributed by atoms with Gasteiger partial charge in [-0.15, -0.1) is 0 Å². The lowest BCUT2D eigenvalue weighted by molar-refractivity contribution is -0.144. The maximum absolute atomic E-state index is 13.4. The van der Waals surface area contributed by atoms with Crippen molar-refractivity contribution in [2.45, 2.75) is 37.1 Å². The Morgan fingerprint density at radius 1 is 1.43 bits per heavy atom. The molecule has 7 heteroatoms. The number of nitrogens with zero attached hydrogens (tertiary/aromatic N) is 3. The Morgan fingerprint density at radius 2 is 2.25 bits per heavy atom. The summed E-state index contributed by atoms with van der Waals surface area (Å²) in [6.45, 7) is 1.01. The minimum atomic E-state index is -0.645. The molecule has 4 aliphatic heterocycles. The van der Waals surface area contributed by atoms with E-state index in [1.54, 1.807) is 12.4 Å². The van der Waals surface area contributed by atoms with Crippen LogP contribution < -0.4 is 0 Å². The van der Waals surface area contributed by atoms with Crippen LogP contribution in [0.25, 0.3) is 0 Å². The SMILES string of the molecule is CN(C(=O)C1C2C=CC3(CN(Cc4cccnc4)C(=O)C13)O2)C1CCSCC1. The van der Waals surface area contributed by atoms with Crippen molar-refractivity contribution >= 4 is 23.6 Å². The summed E-state index contributed by atoms with van der Waals surface area (Å²) in [5, 5.41) is 0. The monoisotopic (exact) mass is 399 g/mol. The Hall–Kier alpha value is -1.86. The van der Waals surface area contributed by atoms with Crippen LogP contribution in [0, 0.1) is 11.8 Å². The van der Waals surface area contributed by atoms with Gasteiger partial charge in [-0.2, -0.15) is 11.8 Å². The zero-order chi connectivity index (χ0) is 19.3. The van der Waals surface area contributed by atoms with Gasteiger partial charge < -0.3 is 14.5 Å². The summed E-state index contributed by atoms with van der Waals surface area (Å²) >= 11 is 1.95. The number of ether oxygens (including phenoxy) is 1. The van der Waals surface area contributed by atoms with Gasteiger partial charge in [0.2, 0.25) is 11.8 Å². The van der Waals surface area contributed by atoms with Crippen LogP contribution in [0.4, 0.5) is 0 Å². The van der Waals surface area contributed by atoms with Crippen LogP contribution in [0.2, 0.25) is 0 Å². The van der Waals surface area contributed by atoms with Gasteiger partial charge in [-0.05, 0) is 36.0 Å². The number of likely N-dealkylation sites (tertiary alicyclic amines) is 1. The smallest absolute Gasteiger partial charge is 0.230 e. The first kappa shape index (κ1) is 18.2. The first-order valence-corrected chi connectivity index (χ1v) is 11.1. The van der Waals surface area contributed by atoms with Gasteiger partial charge in [-0.25, -0.2) is 0 Å². The predicted molar refractivity (Wildman–Crippen MR) is 106 cm³/mol. The number of aromatic nitrogens is 1. The van der Waals surface area contributed by atoms with Crippen LogP contribution in [0.5, 0.6) is 0 Å². The van der Waals surface area contributed by atoms with Gasteiger partial charge in [-0.3, -0.25) is 14.6 Å². The summed E-state index contributed by atoms with van der Waals surface area (Å²) in [7, 11) is 1.90. The number of thioether (sulfide) groups is 1. The Labute approximate surface area is 169 Å². The average molecular weight is 400 g/mol. The largest absolute Gasteiger partial charge is 0.360 e. The van der Waals surface area contributed by atoms with Crippen LogP contribution >= 0.6 is 11.8 Å². The molecule has 0 aromatic carbocycles. The molecule has 0 saturated carbocycles. The number of pyridine rings is 1.